The molecular formula is C20H21N5OS. The van der Waals surface area contributed by atoms with Crippen LogP contribution in [0.1, 0.15) is 18.4 Å². The van der Waals surface area contributed by atoms with Crippen molar-refractivity contribution in [2.45, 2.75) is 19.4 Å². The number of nitrogens with zero attached hydrogens (tertiary/aromatic N) is 4. The van der Waals surface area contributed by atoms with Gasteiger partial charge in [0.15, 0.2) is 5.82 Å². The van der Waals surface area contributed by atoms with Crippen molar-refractivity contribution in [2.75, 3.05) is 18.0 Å². The van der Waals surface area contributed by atoms with E-state index in [1.807, 2.05) is 41.8 Å². The number of thiophene rings is 1. The highest BCUT2D eigenvalue weighted by atomic mass is 32.1. The molecule has 0 radical (unpaired) electrons. The SMILES string of the molecule is O=C(NCc1cccnc1)C1CCN(c2ccc(-c3cccs3)nn2)CC1. The van der Waals surface area contributed by atoms with Gasteiger partial charge in [0.1, 0.15) is 5.69 Å². The highest BCUT2D eigenvalue weighted by Crippen LogP contribution is 2.25. The molecule has 4 rings (SSSR count). The number of carbonyl (C=O) groups is 1. The monoisotopic (exact) mass is 379 g/mol. The molecule has 0 saturated carbocycles. The first-order chi connectivity index (χ1) is 13.3. The number of anilines is 1. The average Bonchev–Trinajstić information content (AvgIpc) is 3.28. The summed E-state index contributed by atoms with van der Waals surface area (Å²) >= 11 is 1.66. The first-order valence-electron chi connectivity index (χ1n) is 9.09. The Labute approximate surface area is 162 Å². The number of pyridine rings is 1. The Hall–Kier alpha value is -2.80. The summed E-state index contributed by atoms with van der Waals surface area (Å²) in [6, 6.07) is 11.9. The van der Waals surface area contributed by atoms with Gasteiger partial charge in [-0.25, -0.2) is 0 Å². The lowest BCUT2D eigenvalue weighted by atomic mass is 9.96. The van der Waals surface area contributed by atoms with E-state index in [-0.39, 0.29) is 11.8 Å². The number of hydrogen-bond acceptors (Lipinski definition) is 6. The molecule has 3 aromatic rings. The molecule has 27 heavy (non-hydrogen) atoms. The van der Waals surface area contributed by atoms with Crippen molar-refractivity contribution in [2.24, 2.45) is 5.92 Å². The Morgan fingerprint density at radius 1 is 1.15 bits per heavy atom. The third-order valence-corrected chi connectivity index (χ3v) is 5.70. The van der Waals surface area contributed by atoms with Crippen LogP contribution in [-0.2, 0) is 11.3 Å². The normalized spacial score (nSPS) is 14.9. The largest absolute Gasteiger partial charge is 0.355 e. The van der Waals surface area contributed by atoms with E-state index in [0.717, 1.165) is 47.9 Å². The summed E-state index contributed by atoms with van der Waals surface area (Å²) in [5.41, 5.74) is 1.92. The smallest absolute Gasteiger partial charge is 0.223 e. The Morgan fingerprint density at radius 3 is 2.70 bits per heavy atom. The molecule has 0 spiro atoms. The van der Waals surface area contributed by atoms with Crippen molar-refractivity contribution in [3.05, 3.63) is 59.7 Å². The fourth-order valence-electron chi connectivity index (χ4n) is 3.26. The van der Waals surface area contributed by atoms with E-state index in [1.54, 1.807) is 23.7 Å². The molecule has 1 aliphatic heterocycles. The van der Waals surface area contributed by atoms with Crippen LogP contribution in [0.15, 0.2) is 54.2 Å². The summed E-state index contributed by atoms with van der Waals surface area (Å²) in [5.74, 6) is 1.05. The standard InChI is InChI=1S/C20H21N5OS/c26-20(22-14-15-3-1-9-21-13-15)16-7-10-25(11-8-16)19-6-5-17(23-24-19)18-4-2-12-27-18/h1-6,9,12-13,16H,7-8,10-11,14H2,(H,22,26). The van der Waals surface area contributed by atoms with Crippen molar-refractivity contribution >= 4 is 23.1 Å². The summed E-state index contributed by atoms with van der Waals surface area (Å²) in [7, 11) is 0. The maximum atomic E-state index is 12.4. The van der Waals surface area contributed by atoms with Crippen LogP contribution in [0, 0.1) is 5.92 Å². The Bertz CT molecular complexity index is 859. The lowest BCUT2D eigenvalue weighted by molar-refractivity contribution is -0.125. The van der Waals surface area contributed by atoms with Crippen molar-refractivity contribution < 1.29 is 4.79 Å². The second-order valence-electron chi connectivity index (χ2n) is 6.59. The second kappa shape index (κ2) is 8.26. The predicted molar refractivity (Wildman–Crippen MR) is 106 cm³/mol. The van der Waals surface area contributed by atoms with E-state index in [9.17, 15) is 4.79 Å². The molecule has 4 heterocycles. The molecule has 1 N–H and O–H groups in total. The fourth-order valence-corrected chi connectivity index (χ4v) is 3.95. The van der Waals surface area contributed by atoms with Gasteiger partial charge in [0.2, 0.25) is 5.91 Å². The minimum atomic E-state index is 0.0521. The topological polar surface area (TPSA) is 71.0 Å². The molecule has 0 aliphatic carbocycles. The third kappa shape index (κ3) is 4.31. The van der Waals surface area contributed by atoms with Gasteiger partial charge in [-0.1, -0.05) is 12.1 Å². The maximum absolute atomic E-state index is 12.4. The Balaban J connectivity index is 1.29. The molecule has 0 unspecified atom stereocenters. The van der Waals surface area contributed by atoms with E-state index < -0.39 is 0 Å². The van der Waals surface area contributed by atoms with E-state index in [0.29, 0.717) is 6.54 Å². The van der Waals surface area contributed by atoms with Crippen LogP contribution in [0.2, 0.25) is 0 Å². The highest BCUT2D eigenvalue weighted by molar-refractivity contribution is 7.13. The van der Waals surface area contributed by atoms with Gasteiger partial charge in [-0.2, -0.15) is 0 Å². The fraction of sp³-hybridized carbons (Fsp3) is 0.300. The predicted octanol–water partition coefficient (Wildman–Crippen LogP) is 3.13. The number of nitrogens with one attached hydrogen (secondary N) is 1. The molecule has 7 heteroatoms. The summed E-state index contributed by atoms with van der Waals surface area (Å²) < 4.78 is 0. The number of rotatable bonds is 5. The van der Waals surface area contributed by atoms with Gasteiger partial charge < -0.3 is 10.2 Å². The van der Waals surface area contributed by atoms with Gasteiger partial charge >= 0.3 is 0 Å². The van der Waals surface area contributed by atoms with Crippen LogP contribution < -0.4 is 10.2 Å². The van der Waals surface area contributed by atoms with Crippen LogP contribution in [0.25, 0.3) is 10.6 Å². The minimum Gasteiger partial charge on any atom is -0.355 e. The molecule has 0 atom stereocenters. The number of piperidine rings is 1. The highest BCUT2D eigenvalue weighted by Gasteiger charge is 2.25. The van der Waals surface area contributed by atoms with Crippen LogP contribution in [-0.4, -0.2) is 34.2 Å². The van der Waals surface area contributed by atoms with Gasteiger partial charge in [-0.05, 0) is 48.1 Å². The molecule has 3 aromatic heterocycles. The number of aromatic nitrogens is 3. The van der Waals surface area contributed by atoms with Gasteiger partial charge in [0.25, 0.3) is 0 Å². The first kappa shape index (κ1) is 17.6. The number of amides is 1. The Kier molecular flexibility index (Phi) is 5.39. The third-order valence-electron chi connectivity index (χ3n) is 4.80. The zero-order valence-corrected chi connectivity index (χ0v) is 15.7. The van der Waals surface area contributed by atoms with Crippen molar-refractivity contribution in [1.82, 2.24) is 20.5 Å². The summed E-state index contributed by atoms with van der Waals surface area (Å²) in [4.78, 5) is 19.8. The minimum absolute atomic E-state index is 0.0521. The molecule has 1 fully saturated rings. The number of hydrogen-bond donors (Lipinski definition) is 1. The zero-order chi connectivity index (χ0) is 18.5. The van der Waals surface area contributed by atoms with Crippen LogP contribution in [0.4, 0.5) is 5.82 Å². The summed E-state index contributed by atoms with van der Waals surface area (Å²) in [6.45, 7) is 2.17. The van der Waals surface area contributed by atoms with Crippen LogP contribution in [0.5, 0.6) is 0 Å². The van der Waals surface area contributed by atoms with Crippen LogP contribution >= 0.6 is 11.3 Å². The quantitative estimate of drug-likeness (QED) is 0.737. The Morgan fingerprint density at radius 2 is 2.04 bits per heavy atom. The van der Waals surface area contributed by atoms with E-state index in [1.165, 1.54) is 0 Å². The first-order valence-corrected chi connectivity index (χ1v) is 9.97. The molecule has 0 aromatic carbocycles. The molecule has 6 nitrogen and oxygen atoms in total. The van der Waals surface area contributed by atoms with Crippen molar-refractivity contribution in [3.63, 3.8) is 0 Å². The molecule has 1 amide bonds. The summed E-state index contributed by atoms with van der Waals surface area (Å²) in [6.07, 6.45) is 5.17. The molecule has 138 valence electrons. The summed E-state index contributed by atoms with van der Waals surface area (Å²) in [5, 5.41) is 13.8. The molecular weight excluding hydrogens is 358 g/mol. The lowest BCUT2D eigenvalue weighted by Gasteiger charge is -2.31. The van der Waals surface area contributed by atoms with Crippen molar-refractivity contribution in [3.8, 4) is 10.6 Å². The van der Waals surface area contributed by atoms with Gasteiger partial charge in [-0.3, -0.25) is 9.78 Å². The van der Waals surface area contributed by atoms with Crippen LogP contribution in [0.3, 0.4) is 0 Å². The van der Waals surface area contributed by atoms with E-state index >= 15 is 0 Å². The van der Waals surface area contributed by atoms with E-state index in [4.69, 9.17) is 0 Å². The van der Waals surface area contributed by atoms with Gasteiger partial charge in [0, 0.05) is 37.9 Å². The molecule has 1 saturated heterocycles. The van der Waals surface area contributed by atoms with Gasteiger partial charge in [-0.15, -0.1) is 21.5 Å². The lowest BCUT2D eigenvalue weighted by Crippen LogP contribution is -2.40. The molecule has 0 bridgehead atoms. The van der Waals surface area contributed by atoms with Crippen molar-refractivity contribution in [1.29, 1.82) is 0 Å². The maximum Gasteiger partial charge on any atom is 0.223 e. The van der Waals surface area contributed by atoms with Gasteiger partial charge in [0.05, 0.1) is 4.88 Å². The second-order valence-corrected chi connectivity index (χ2v) is 7.54. The zero-order valence-electron chi connectivity index (χ0n) is 14.9. The van der Waals surface area contributed by atoms with E-state index in [2.05, 4.69) is 25.4 Å². The molecule has 1 aliphatic rings. The average molecular weight is 379 g/mol. The number of carbonyl (C=O) groups excluding carboxylic acids is 1.